The fraction of sp³-hybridized carbons (Fsp3) is 0.250. The molecule has 3 heteroatoms. The fourth-order valence-electron chi connectivity index (χ4n) is 0.123. The minimum absolute atomic E-state index is 0. The molecule has 0 aromatic carbocycles. The van der Waals surface area contributed by atoms with Gasteiger partial charge in [0.1, 0.15) is 0 Å². The van der Waals surface area contributed by atoms with Crippen molar-refractivity contribution < 1.29 is 9.90 Å². The number of hydrogen-bond acceptors (Lipinski definition) is 1. The third kappa shape index (κ3) is 10.7. The first-order valence-electron chi connectivity index (χ1n) is 1.60. The van der Waals surface area contributed by atoms with E-state index in [0.29, 0.717) is 0 Å². The number of carboxylic acids is 1. The van der Waals surface area contributed by atoms with Gasteiger partial charge < -0.3 is 5.11 Å². The summed E-state index contributed by atoms with van der Waals surface area (Å²) in [6.45, 7) is 3.22. The van der Waals surface area contributed by atoms with Crippen LogP contribution in [0.2, 0.25) is 0 Å². The standard InChI is InChI=1S/C4H6O2.Sn.4H/c1-2-3-4(5)6;;;;;/h2H,1,3H2,(H,5,6);;;;;. The van der Waals surface area contributed by atoms with E-state index < -0.39 is 5.97 Å². The van der Waals surface area contributed by atoms with Crippen LogP contribution in [0, 0.1) is 0 Å². The van der Waals surface area contributed by atoms with Crippen molar-refractivity contribution in [1.29, 1.82) is 0 Å². The zero-order chi connectivity index (χ0) is 4.99. The Bertz CT molecular complexity index is 70.1. The van der Waals surface area contributed by atoms with E-state index >= 15 is 0 Å². The molecule has 0 heterocycles. The van der Waals surface area contributed by atoms with E-state index in [0.717, 1.165) is 0 Å². The summed E-state index contributed by atoms with van der Waals surface area (Å²) in [4.78, 5) is 9.53. The SMILES string of the molecule is C=CCC(=O)O.[SnH4]. The second-order valence-corrected chi connectivity index (χ2v) is 0.887. The molecule has 7 heavy (non-hydrogen) atoms. The summed E-state index contributed by atoms with van der Waals surface area (Å²) in [5.74, 6) is -0.829. The number of hydrogen-bond donors (Lipinski definition) is 1. The molecule has 0 saturated carbocycles. The molecule has 0 unspecified atom stereocenters. The predicted octanol–water partition coefficient (Wildman–Crippen LogP) is -0.804. The summed E-state index contributed by atoms with van der Waals surface area (Å²) in [5.41, 5.74) is 0. The van der Waals surface area contributed by atoms with Gasteiger partial charge in [-0.3, -0.25) is 4.79 Å². The van der Waals surface area contributed by atoms with Gasteiger partial charge in [0.15, 0.2) is 0 Å². The first-order chi connectivity index (χ1) is 2.77. The van der Waals surface area contributed by atoms with Crippen LogP contribution in [0.1, 0.15) is 6.42 Å². The molecular formula is C4H10O2Sn. The second kappa shape index (κ2) is 6.01. The average Bonchev–Trinajstić information content (AvgIpc) is 1.35. The van der Waals surface area contributed by atoms with Gasteiger partial charge in [-0.25, -0.2) is 0 Å². The van der Waals surface area contributed by atoms with E-state index in [1.165, 1.54) is 6.08 Å². The number of rotatable bonds is 2. The molecule has 0 radical (unpaired) electrons. The molecular weight excluding hydrogens is 199 g/mol. The quantitative estimate of drug-likeness (QED) is 0.477. The molecule has 0 rings (SSSR count). The maximum atomic E-state index is 9.53. The van der Waals surface area contributed by atoms with Crippen molar-refractivity contribution in [3.63, 3.8) is 0 Å². The topological polar surface area (TPSA) is 37.3 Å². The van der Waals surface area contributed by atoms with Gasteiger partial charge in [0.25, 0.3) is 0 Å². The van der Waals surface area contributed by atoms with Crippen LogP contribution in [0.15, 0.2) is 12.7 Å². The van der Waals surface area contributed by atoms with Crippen molar-refractivity contribution in [2.75, 3.05) is 0 Å². The van der Waals surface area contributed by atoms with Gasteiger partial charge in [-0.1, -0.05) is 6.08 Å². The van der Waals surface area contributed by atoms with Crippen molar-refractivity contribution in [3.8, 4) is 0 Å². The summed E-state index contributed by atoms with van der Waals surface area (Å²) >= 11 is 0. The Morgan fingerprint density at radius 3 is 2.29 bits per heavy atom. The van der Waals surface area contributed by atoms with E-state index in [1.807, 2.05) is 0 Å². The molecule has 2 nitrogen and oxygen atoms in total. The molecule has 0 aliphatic rings. The Balaban J connectivity index is 0. The van der Waals surface area contributed by atoms with Gasteiger partial charge in [0.05, 0.1) is 6.42 Å². The molecule has 0 fully saturated rings. The zero-order valence-corrected chi connectivity index (χ0v) is 3.35. The van der Waals surface area contributed by atoms with Crippen molar-refractivity contribution in [2.45, 2.75) is 6.42 Å². The summed E-state index contributed by atoms with van der Waals surface area (Å²) in [5, 5.41) is 7.84. The van der Waals surface area contributed by atoms with Gasteiger partial charge in [-0.15, -0.1) is 6.58 Å². The molecule has 0 aromatic rings. The Morgan fingerprint density at radius 2 is 2.29 bits per heavy atom. The number of carboxylic acid groups (broad SMARTS) is 1. The van der Waals surface area contributed by atoms with E-state index in [2.05, 4.69) is 6.58 Å². The molecule has 0 aliphatic carbocycles. The molecule has 0 aromatic heterocycles. The normalized spacial score (nSPS) is 6.29. The van der Waals surface area contributed by atoms with E-state index in [-0.39, 0.29) is 30.3 Å². The Labute approximate surface area is 59.2 Å². The second-order valence-electron chi connectivity index (χ2n) is 0.887. The fourth-order valence-corrected chi connectivity index (χ4v) is 0.123. The van der Waals surface area contributed by atoms with Crippen LogP contribution in [-0.4, -0.2) is 35.0 Å². The Morgan fingerprint density at radius 1 is 1.86 bits per heavy atom. The number of aliphatic carboxylic acids is 1. The summed E-state index contributed by atoms with van der Waals surface area (Å²) in [6.07, 6.45) is 1.41. The Hall–Kier alpha value is 0.00870. The van der Waals surface area contributed by atoms with Crippen molar-refractivity contribution >= 4 is 29.9 Å². The first kappa shape index (κ1) is 10.1. The summed E-state index contributed by atoms with van der Waals surface area (Å²) in [6, 6.07) is 0. The molecule has 0 spiro atoms. The molecule has 0 aliphatic heterocycles. The molecule has 0 bridgehead atoms. The molecule has 0 atom stereocenters. The van der Waals surface area contributed by atoms with Gasteiger partial charge in [0, 0.05) is 0 Å². The van der Waals surface area contributed by atoms with E-state index in [9.17, 15) is 4.79 Å². The van der Waals surface area contributed by atoms with Crippen LogP contribution in [0.3, 0.4) is 0 Å². The third-order valence-electron chi connectivity index (χ3n) is 0.319. The molecule has 42 valence electrons. The molecule has 0 saturated heterocycles. The van der Waals surface area contributed by atoms with Crippen LogP contribution in [0.4, 0.5) is 0 Å². The van der Waals surface area contributed by atoms with Crippen LogP contribution in [0.5, 0.6) is 0 Å². The maximum absolute atomic E-state index is 9.53. The van der Waals surface area contributed by atoms with Crippen LogP contribution >= 0.6 is 0 Å². The summed E-state index contributed by atoms with van der Waals surface area (Å²) in [7, 11) is 0. The summed E-state index contributed by atoms with van der Waals surface area (Å²) < 4.78 is 0. The van der Waals surface area contributed by atoms with Crippen LogP contribution < -0.4 is 0 Å². The molecule has 1 N–H and O–H groups in total. The van der Waals surface area contributed by atoms with Gasteiger partial charge >= 0.3 is 29.9 Å². The zero-order valence-electron chi connectivity index (χ0n) is 3.35. The monoisotopic (exact) mass is 210 g/mol. The van der Waals surface area contributed by atoms with Crippen molar-refractivity contribution in [1.82, 2.24) is 0 Å². The van der Waals surface area contributed by atoms with Gasteiger partial charge in [-0.2, -0.15) is 0 Å². The molecule has 0 amide bonds. The van der Waals surface area contributed by atoms with Gasteiger partial charge in [0.2, 0.25) is 0 Å². The van der Waals surface area contributed by atoms with Crippen LogP contribution in [0.25, 0.3) is 0 Å². The van der Waals surface area contributed by atoms with Crippen molar-refractivity contribution in [3.05, 3.63) is 12.7 Å². The number of carbonyl (C=O) groups is 1. The van der Waals surface area contributed by atoms with Gasteiger partial charge in [-0.05, 0) is 0 Å². The third-order valence-corrected chi connectivity index (χ3v) is 0.319. The minimum atomic E-state index is -0.829. The predicted molar refractivity (Wildman–Crippen MR) is 33.8 cm³/mol. The van der Waals surface area contributed by atoms with E-state index in [1.54, 1.807) is 0 Å². The first-order valence-corrected chi connectivity index (χ1v) is 1.60. The average molecular weight is 209 g/mol. The Kier molecular flexibility index (Phi) is 8.66. The van der Waals surface area contributed by atoms with Crippen LogP contribution in [-0.2, 0) is 4.79 Å². The van der Waals surface area contributed by atoms with Crippen molar-refractivity contribution in [2.24, 2.45) is 0 Å². The van der Waals surface area contributed by atoms with E-state index in [4.69, 9.17) is 5.11 Å².